The van der Waals surface area contributed by atoms with Gasteiger partial charge in [0.25, 0.3) is 0 Å². The third-order valence-corrected chi connectivity index (χ3v) is 3.64. The second-order valence-corrected chi connectivity index (χ2v) is 6.96. The van der Waals surface area contributed by atoms with Crippen molar-refractivity contribution in [3.8, 4) is 0 Å². The van der Waals surface area contributed by atoms with Gasteiger partial charge in [-0.25, -0.2) is 4.79 Å². The molecule has 1 aliphatic carbocycles. The molecule has 0 aromatic carbocycles. The molecule has 6 nitrogen and oxygen atoms in total. The summed E-state index contributed by atoms with van der Waals surface area (Å²) in [5.41, 5.74) is -0.435. The topological polar surface area (TPSA) is 66.0 Å². The fraction of sp³-hybridized carbons (Fsp3) is 0.867. The van der Waals surface area contributed by atoms with Crippen molar-refractivity contribution in [2.75, 3.05) is 26.7 Å². The summed E-state index contributed by atoms with van der Waals surface area (Å²) in [7, 11) is 1.77. The Morgan fingerprint density at radius 3 is 2.45 bits per heavy atom. The number of halogens is 1. The Labute approximate surface area is 150 Å². The van der Waals surface area contributed by atoms with Gasteiger partial charge in [0.15, 0.2) is 5.96 Å². The van der Waals surface area contributed by atoms with Crippen molar-refractivity contribution in [1.82, 2.24) is 15.5 Å². The molecule has 2 rings (SSSR count). The molecule has 128 valence electrons. The van der Waals surface area contributed by atoms with E-state index in [1.165, 1.54) is 19.3 Å². The number of rotatable bonds is 4. The maximum atomic E-state index is 11.8. The van der Waals surface area contributed by atoms with E-state index in [0.717, 1.165) is 18.4 Å². The summed E-state index contributed by atoms with van der Waals surface area (Å²) in [6.07, 6.45) is 3.73. The molecule has 2 N–H and O–H groups in total. The van der Waals surface area contributed by atoms with Gasteiger partial charge in [0.05, 0.1) is 6.04 Å². The Bertz CT molecular complexity index is 399. The number of hydrogen-bond acceptors (Lipinski definition) is 3. The molecule has 2 fully saturated rings. The second-order valence-electron chi connectivity index (χ2n) is 6.96. The van der Waals surface area contributed by atoms with E-state index < -0.39 is 5.60 Å². The van der Waals surface area contributed by atoms with Crippen molar-refractivity contribution >= 4 is 36.0 Å². The van der Waals surface area contributed by atoms with Gasteiger partial charge in [0.1, 0.15) is 5.60 Å². The Kier molecular flexibility index (Phi) is 7.21. The predicted molar refractivity (Wildman–Crippen MR) is 98.8 cm³/mol. The van der Waals surface area contributed by atoms with E-state index in [9.17, 15) is 4.79 Å². The first-order valence-corrected chi connectivity index (χ1v) is 7.82. The van der Waals surface area contributed by atoms with Crippen LogP contribution in [0.2, 0.25) is 0 Å². The Hall–Kier alpha value is -0.730. The van der Waals surface area contributed by atoms with E-state index in [2.05, 4.69) is 15.6 Å². The first-order valence-electron chi connectivity index (χ1n) is 7.82. The fourth-order valence-electron chi connectivity index (χ4n) is 2.23. The number of ether oxygens (including phenoxy) is 1. The summed E-state index contributed by atoms with van der Waals surface area (Å²) in [4.78, 5) is 17.8. The third-order valence-electron chi connectivity index (χ3n) is 3.64. The van der Waals surface area contributed by atoms with E-state index in [-0.39, 0.29) is 36.1 Å². The number of amides is 1. The molecular weight excluding hydrogens is 395 g/mol. The smallest absolute Gasteiger partial charge is 0.410 e. The van der Waals surface area contributed by atoms with Crippen LogP contribution in [0.5, 0.6) is 0 Å². The van der Waals surface area contributed by atoms with Crippen LogP contribution < -0.4 is 10.6 Å². The van der Waals surface area contributed by atoms with Crippen molar-refractivity contribution < 1.29 is 9.53 Å². The number of aliphatic imine (C=N–C) groups is 1. The zero-order valence-electron chi connectivity index (χ0n) is 14.0. The van der Waals surface area contributed by atoms with Gasteiger partial charge in [0, 0.05) is 26.7 Å². The Morgan fingerprint density at radius 2 is 1.95 bits per heavy atom. The molecule has 1 amide bonds. The third kappa shape index (κ3) is 6.58. The van der Waals surface area contributed by atoms with Crippen molar-refractivity contribution in [1.29, 1.82) is 0 Å². The largest absolute Gasteiger partial charge is 0.444 e. The fourth-order valence-corrected chi connectivity index (χ4v) is 2.23. The number of nitrogens with zero attached hydrogens (tertiary/aromatic N) is 2. The molecule has 0 unspecified atom stereocenters. The standard InChI is InChI=1S/C15H28N4O2.HI/c1-15(2,3)21-14(20)19-9-12(10-19)18-13(16-4)17-8-7-11-5-6-11;/h11-12H,5-10H2,1-4H3,(H2,16,17,18);1H. The van der Waals surface area contributed by atoms with Gasteiger partial charge in [-0.1, -0.05) is 12.8 Å². The molecule has 0 aromatic rings. The summed E-state index contributed by atoms with van der Waals surface area (Å²) in [5, 5.41) is 6.66. The molecule has 1 heterocycles. The number of carbonyl (C=O) groups is 1. The molecule has 0 aromatic heterocycles. The summed E-state index contributed by atoms with van der Waals surface area (Å²) in [6, 6.07) is 0.254. The second kappa shape index (κ2) is 8.21. The maximum absolute atomic E-state index is 11.8. The summed E-state index contributed by atoms with van der Waals surface area (Å²) < 4.78 is 5.33. The lowest BCUT2D eigenvalue weighted by molar-refractivity contribution is 0.00701. The van der Waals surface area contributed by atoms with Crippen LogP contribution in [0.1, 0.15) is 40.0 Å². The average Bonchev–Trinajstić information content (AvgIpc) is 3.12. The first kappa shape index (κ1) is 19.3. The number of carbonyl (C=O) groups excluding carboxylic acids is 1. The quantitative estimate of drug-likeness (QED) is 0.413. The molecule has 1 saturated heterocycles. The predicted octanol–water partition coefficient (Wildman–Crippen LogP) is 2.19. The van der Waals surface area contributed by atoms with Gasteiger partial charge < -0.3 is 20.3 Å². The van der Waals surface area contributed by atoms with Crippen molar-refractivity contribution in [2.24, 2.45) is 10.9 Å². The minimum atomic E-state index is -0.435. The molecule has 0 atom stereocenters. The van der Waals surface area contributed by atoms with E-state index in [1.54, 1.807) is 11.9 Å². The van der Waals surface area contributed by atoms with Crippen LogP contribution in [0.3, 0.4) is 0 Å². The molecule has 1 saturated carbocycles. The molecule has 0 bridgehead atoms. The van der Waals surface area contributed by atoms with Gasteiger partial charge in [0.2, 0.25) is 0 Å². The highest BCUT2D eigenvalue weighted by atomic mass is 127. The van der Waals surface area contributed by atoms with E-state index in [1.807, 2.05) is 20.8 Å². The van der Waals surface area contributed by atoms with Gasteiger partial charge >= 0.3 is 6.09 Å². The lowest BCUT2D eigenvalue weighted by Crippen LogP contribution is -2.63. The van der Waals surface area contributed by atoms with Crippen molar-refractivity contribution in [3.63, 3.8) is 0 Å². The normalized spacial score (nSPS) is 19.1. The number of likely N-dealkylation sites (tertiary alicyclic amines) is 1. The summed E-state index contributed by atoms with van der Waals surface area (Å²) in [5.74, 6) is 1.74. The van der Waals surface area contributed by atoms with E-state index in [0.29, 0.717) is 13.1 Å². The zero-order chi connectivity index (χ0) is 15.5. The van der Waals surface area contributed by atoms with Gasteiger partial charge in [-0.3, -0.25) is 4.99 Å². The SMILES string of the molecule is CN=C(NCCC1CC1)NC1CN(C(=O)OC(C)(C)C)C1.I. The summed E-state index contributed by atoms with van der Waals surface area (Å²) in [6.45, 7) is 7.94. The molecule has 0 radical (unpaired) electrons. The van der Waals surface area contributed by atoms with Crippen LogP contribution >= 0.6 is 24.0 Å². The van der Waals surface area contributed by atoms with Gasteiger partial charge in [-0.2, -0.15) is 0 Å². The van der Waals surface area contributed by atoms with E-state index >= 15 is 0 Å². The number of hydrogen-bond donors (Lipinski definition) is 2. The minimum absolute atomic E-state index is 0. The van der Waals surface area contributed by atoms with E-state index in [4.69, 9.17) is 4.74 Å². The van der Waals surface area contributed by atoms with Crippen LogP contribution in [-0.2, 0) is 4.74 Å². The maximum Gasteiger partial charge on any atom is 0.410 e. The zero-order valence-corrected chi connectivity index (χ0v) is 16.3. The highest BCUT2D eigenvalue weighted by molar-refractivity contribution is 14.0. The minimum Gasteiger partial charge on any atom is -0.444 e. The first-order chi connectivity index (χ1) is 9.87. The lowest BCUT2D eigenvalue weighted by atomic mass is 10.1. The Morgan fingerprint density at radius 1 is 1.32 bits per heavy atom. The van der Waals surface area contributed by atoms with Crippen molar-refractivity contribution in [3.05, 3.63) is 0 Å². The molecular formula is C15H29IN4O2. The van der Waals surface area contributed by atoms with Crippen molar-refractivity contribution in [2.45, 2.75) is 51.7 Å². The van der Waals surface area contributed by atoms with Crippen LogP contribution in [0.15, 0.2) is 4.99 Å². The van der Waals surface area contributed by atoms with Crippen LogP contribution in [0.4, 0.5) is 4.79 Å². The molecule has 7 heteroatoms. The van der Waals surface area contributed by atoms with Crippen LogP contribution in [-0.4, -0.2) is 55.3 Å². The monoisotopic (exact) mass is 424 g/mol. The molecule has 1 aliphatic heterocycles. The van der Waals surface area contributed by atoms with Crippen LogP contribution in [0.25, 0.3) is 0 Å². The number of guanidine groups is 1. The lowest BCUT2D eigenvalue weighted by Gasteiger charge is -2.40. The van der Waals surface area contributed by atoms with Crippen LogP contribution in [0, 0.1) is 5.92 Å². The molecule has 2 aliphatic rings. The molecule has 0 spiro atoms. The molecule has 22 heavy (non-hydrogen) atoms. The number of nitrogens with one attached hydrogen (secondary N) is 2. The average molecular weight is 424 g/mol. The van der Waals surface area contributed by atoms with Gasteiger partial charge in [-0.05, 0) is 33.1 Å². The Balaban J connectivity index is 0.00000242. The highest BCUT2D eigenvalue weighted by Gasteiger charge is 2.34. The highest BCUT2D eigenvalue weighted by Crippen LogP contribution is 2.31. The van der Waals surface area contributed by atoms with Gasteiger partial charge in [-0.15, -0.1) is 24.0 Å². The summed E-state index contributed by atoms with van der Waals surface area (Å²) >= 11 is 0.